The van der Waals surface area contributed by atoms with Crippen LogP contribution < -0.4 is 9.22 Å². The van der Waals surface area contributed by atoms with Crippen molar-refractivity contribution in [1.29, 1.82) is 0 Å². The molecule has 0 saturated heterocycles. The molecule has 0 aromatic heterocycles. The largest absolute Gasteiger partial charge is 0.491 e. The molecule has 0 aliphatic heterocycles. The van der Waals surface area contributed by atoms with Crippen LogP contribution >= 0.6 is 0 Å². The fraction of sp³-hybridized carbons (Fsp3) is 0.538. The van der Waals surface area contributed by atoms with Crippen LogP contribution in [0, 0.1) is 0 Å². The van der Waals surface area contributed by atoms with Crippen LogP contribution in [0.15, 0.2) is 24.3 Å². The Hall–Kier alpha value is -1.10. The summed E-state index contributed by atoms with van der Waals surface area (Å²) in [7, 11) is 4.25. The maximum atomic E-state index is 9.22. The summed E-state index contributed by atoms with van der Waals surface area (Å²) >= 11 is 0. The number of quaternary nitrogens is 1. The van der Waals surface area contributed by atoms with E-state index in [0.717, 1.165) is 22.5 Å². The van der Waals surface area contributed by atoms with Crippen molar-refractivity contribution in [2.24, 2.45) is 0 Å². The Kier molecular flexibility index (Phi) is 4.93. The summed E-state index contributed by atoms with van der Waals surface area (Å²) in [5.41, 5.74) is 1.16. The van der Waals surface area contributed by atoms with Gasteiger partial charge in [0.05, 0.1) is 27.2 Å². The summed E-state index contributed by atoms with van der Waals surface area (Å²) in [5, 5.41) is 17.9. The SMILES string of the molecule is CC[N+](C)(C)c1cccc(OCC(O)CO)c1. The highest BCUT2D eigenvalue weighted by atomic mass is 16.5. The molecule has 1 unspecified atom stereocenters. The molecule has 0 aliphatic carbocycles. The van der Waals surface area contributed by atoms with Gasteiger partial charge in [0, 0.05) is 6.07 Å². The van der Waals surface area contributed by atoms with Crippen LogP contribution in [0.4, 0.5) is 5.69 Å². The third-order valence-electron chi connectivity index (χ3n) is 2.96. The molecular weight excluding hydrogens is 218 g/mol. The van der Waals surface area contributed by atoms with Gasteiger partial charge >= 0.3 is 0 Å². The predicted octanol–water partition coefficient (Wildman–Crippen LogP) is 1.01. The van der Waals surface area contributed by atoms with E-state index in [9.17, 15) is 5.11 Å². The smallest absolute Gasteiger partial charge is 0.136 e. The third-order valence-corrected chi connectivity index (χ3v) is 2.96. The first-order valence-electron chi connectivity index (χ1n) is 5.85. The quantitative estimate of drug-likeness (QED) is 0.730. The third kappa shape index (κ3) is 4.00. The molecule has 0 spiro atoms. The molecule has 2 N–H and O–H groups in total. The number of aliphatic hydroxyl groups excluding tert-OH is 2. The van der Waals surface area contributed by atoms with Crippen LogP contribution in [-0.2, 0) is 0 Å². The van der Waals surface area contributed by atoms with Crippen molar-refractivity contribution in [2.75, 3.05) is 33.9 Å². The molecule has 0 saturated carbocycles. The highest BCUT2D eigenvalue weighted by Gasteiger charge is 2.16. The van der Waals surface area contributed by atoms with Crippen molar-refractivity contribution >= 4 is 5.69 Å². The van der Waals surface area contributed by atoms with Gasteiger partial charge < -0.3 is 14.9 Å². The standard InChI is InChI=1S/C13H22NO3/c1-4-14(2,3)11-6-5-7-13(8-11)17-10-12(16)9-15/h5-8,12,15-16H,4,9-10H2,1-3H3/q+1. The van der Waals surface area contributed by atoms with Gasteiger partial charge in [0.2, 0.25) is 0 Å². The van der Waals surface area contributed by atoms with Crippen molar-refractivity contribution in [2.45, 2.75) is 13.0 Å². The van der Waals surface area contributed by atoms with Gasteiger partial charge in [-0.15, -0.1) is 0 Å². The molecule has 1 rings (SSSR count). The number of aliphatic hydroxyl groups is 2. The Bertz CT molecular complexity index is 352. The van der Waals surface area contributed by atoms with Crippen molar-refractivity contribution in [3.63, 3.8) is 0 Å². The minimum Gasteiger partial charge on any atom is -0.491 e. The summed E-state index contributed by atoms with van der Waals surface area (Å²) in [6, 6.07) is 7.81. The van der Waals surface area contributed by atoms with Crippen molar-refractivity contribution in [3.05, 3.63) is 24.3 Å². The molecule has 1 aromatic rings. The lowest BCUT2D eigenvalue weighted by atomic mass is 10.2. The minimum atomic E-state index is -0.827. The van der Waals surface area contributed by atoms with Gasteiger partial charge in [0.15, 0.2) is 0 Å². The lowest BCUT2D eigenvalue weighted by Gasteiger charge is -2.27. The summed E-state index contributed by atoms with van der Waals surface area (Å²) < 4.78 is 6.20. The summed E-state index contributed by atoms with van der Waals surface area (Å²) in [6.07, 6.45) is -0.827. The molecule has 1 aromatic carbocycles. The van der Waals surface area contributed by atoms with E-state index in [0.29, 0.717) is 0 Å². The number of nitrogens with zero attached hydrogens (tertiary/aromatic N) is 1. The molecule has 0 amide bonds. The van der Waals surface area contributed by atoms with Gasteiger partial charge in [0.25, 0.3) is 0 Å². The molecule has 0 bridgehead atoms. The van der Waals surface area contributed by atoms with Gasteiger partial charge in [-0.05, 0) is 19.1 Å². The molecule has 17 heavy (non-hydrogen) atoms. The number of hydrogen-bond acceptors (Lipinski definition) is 3. The number of hydrogen-bond donors (Lipinski definition) is 2. The highest BCUT2D eigenvalue weighted by molar-refractivity contribution is 5.46. The minimum absolute atomic E-state index is 0.111. The Morgan fingerprint density at radius 2 is 2.06 bits per heavy atom. The fourth-order valence-electron chi connectivity index (χ4n) is 1.38. The van der Waals surface area contributed by atoms with E-state index >= 15 is 0 Å². The Balaban J connectivity index is 2.73. The van der Waals surface area contributed by atoms with Gasteiger partial charge in [0.1, 0.15) is 24.1 Å². The number of ether oxygens (including phenoxy) is 1. The van der Waals surface area contributed by atoms with Crippen LogP contribution in [0.5, 0.6) is 5.75 Å². The van der Waals surface area contributed by atoms with Gasteiger partial charge in [-0.25, -0.2) is 0 Å². The maximum absolute atomic E-state index is 9.22. The normalized spacial score (nSPS) is 13.5. The first kappa shape index (κ1) is 14.0. The highest BCUT2D eigenvalue weighted by Crippen LogP contribution is 2.24. The molecule has 0 aliphatic rings. The van der Waals surface area contributed by atoms with Crippen molar-refractivity contribution < 1.29 is 14.9 Å². The second-order valence-corrected chi connectivity index (χ2v) is 4.65. The predicted molar refractivity (Wildman–Crippen MR) is 69.2 cm³/mol. The first-order chi connectivity index (χ1) is 7.99. The zero-order valence-corrected chi connectivity index (χ0v) is 10.8. The van der Waals surface area contributed by atoms with E-state index in [2.05, 4.69) is 27.1 Å². The second-order valence-electron chi connectivity index (χ2n) is 4.65. The van der Waals surface area contributed by atoms with Crippen LogP contribution in [0.3, 0.4) is 0 Å². The molecule has 96 valence electrons. The molecule has 0 heterocycles. The van der Waals surface area contributed by atoms with Crippen LogP contribution in [0.2, 0.25) is 0 Å². The summed E-state index contributed by atoms with van der Waals surface area (Å²) in [6.45, 7) is 2.95. The molecule has 4 heteroatoms. The maximum Gasteiger partial charge on any atom is 0.136 e. The average molecular weight is 240 g/mol. The first-order valence-corrected chi connectivity index (χ1v) is 5.85. The van der Waals surface area contributed by atoms with Crippen molar-refractivity contribution in [1.82, 2.24) is 4.48 Å². The average Bonchev–Trinajstić information content (AvgIpc) is 2.36. The lowest BCUT2D eigenvalue weighted by Crippen LogP contribution is -2.39. The van der Waals surface area contributed by atoms with Gasteiger partial charge in [-0.1, -0.05) is 6.07 Å². The van der Waals surface area contributed by atoms with Gasteiger partial charge in [-0.2, -0.15) is 0 Å². The Morgan fingerprint density at radius 3 is 2.65 bits per heavy atom. The monoisotopic (exact) mass is 240 g/mol. The Morgan fingerprint density at radius 1 is 1.35 bits per heavy atom. The molecule has 0 fully saturated rings. The molecule has 4 nitrogen and oxygen atoms in total. The van der Waals surface area contributed by atoms with Crippen molar-refractivity contribution in [3.8, 4) is 5.75 Å². The topological polar surface area (TPSA) is 49.7 Å². The van der Waals surface area contributed by atoms with E-state index in [1.54, 1.807) is 0 Å². The van der Waals surface area contributed by atoms with E-state index in [1.807, 2.05) is 18.2 Å². The fourth-order valence-corrected chi connectivity index (χ4v) is 1.38. The van der Waals surface area contributed by atoms with E-state index in [1.165, 1.54) is 0 Å². The van der Waals surface area contributed by atoms with Crippen LogP contribution in [-0.4, -0.2) is 50.2 Å². The zero-order chi connectivity index (χ0) is 12.9. The number of benzene rings is 1. The molecule has 1 atom stereocenters. The Labute approximate surface area is 103 Å². The van der Waals surface area contributed by atoms with Crippen LogP contribution in [0.25, 0.3) is 0 Å². The van der Waals surface area contributed by atoms with Gasteiger partial charge in [-0.3, -0.25) is 4.48 Å². The van der Waals surface area contributed by atoms with E-state index < -0.39 is 6.10 Å². The van der Waals surface area contributed by atoms with E-state index in [4.69, 9.17) is 9.84 Å². The zero-order valence-electron chi connectivity index (χ0n) is 10.8. The molecular formula is C13H22NO3+. The summed E-state index contributed by atoms with van der Waals surface area (Å²) in [5.74, 6) is 0.717. The second kappa shape index (κ2) is 6.00. The van der Waals surface area contributed by atoms with Crippen LogP contribution in [0.1, 0.15) is 6.92 Å². The summed E-state index contributed by atoms with van der Waals surface area (Å²) in [4.78, 5) is 0. The lowest BCUT2D eigenvalue weighted by molar-refractivity contribution is 0.0536. The number of rotatable bonds is 6. The molecule has 0 radical (unpaired) electrons. The van der Waals surface area contributed by atoms with E-state index in [-0.39, 0.29) is 13.2 Å².